The van der Waals surface area contributed by atoms with Crippen LogP contribution in [0, 0.1) is 12.8 Å². The number of esters is 1. The molecular weight excluding hydrogens is 304 g/mol. The molecule has 0 aliphatic carbocycles. The number of benzene rings is 2. The molecule has 1 amide bonds. The maximum atomic E-state index is 12.7. The van der Waals surface area contributed by atoms with Gasteiger partial charge in [0, 0.05) is 6.42 Å². The van der Waals surface area contributed by atoms with Gasteiger partial charge in [-0.1, -0.05) is 48.0 Å². The highest BCUT2D eigenvalue weighted by molar-refractivity contribution is 6.15. The van der Waals surface area contributed by atoms with Gasteiger partial charge in [0.2, 0.25) is 0 Å². The van der Waals surface area contributed by atoms with Gasteiger partial charge in [-0.2, -0.15) is 10.1 Å². The molecule has 0 saturated carbocycles. The Bertz CT molecular complexity index is 782. The van der Waals surface area contributed by atoms with Crippen LogP contribution in [0.2, 0.25) is 0 Å². The number of aryl methyl sites for hydroxylation is 1. The maximum Gasteiger partial charge on any atom is 0.318 e. The summed E-state index contributed by atoms with van der Waals surface area (Å²) in [6.07, 6.45) is 0.234. The molecule has 1 atom stereocenters. The van der Waals surface area contributed by atoms with Crippen molar-refractivity contribution >= 4 is 23.3 Å². The van der Waals surface area contributed by atoms with Crippen molar-refractivity contribution in [2.24, 2.45) is 11.0 Å². The van der Waals surface area contributed by atoms with Crippen molar-refractivity contribution in [1.29, 1.82) is 0 Å². The molecule has 1 aliphatic rings. The molecule has 1 aliphatic heterocycles. The molecule has 1 heterocycles. The Balaban J connectivity index is 2.05. The second-order valence-electron chi connectivity index (χ2n) is 5.68. The van der Waals surface area contributed by atoms with Crippen LogP contribution in [0.4, 0.5) is 5.69 Å². The summed E-state index contributed by atoms with van der Waals surface area (Å²) in [6, 6.07) is 16.9. The molecule has 0 saturated heterocycles. The monoisotopic (exact) mass is 322 g/mol. The molecule has 0 spiro atoms. The Morgan fingerprint density at radius 3 is 2.42 bits per heavy atom. The zero-order valence-corrected chi connectivity index (χ0v) is 13.6. The first-order valence-corrected chi connectivity index (χ1v) is 7.71. The van der Waals surface area contributed by atoms with E-state index in [0.29, 0.717) is 11.4 Å². The van der Waals surface area contributed by atoms with Gasteiger partial charge >= 0.3 is 5.97 Å². The third-order valence-corrected chi connectivity index (χ3v) is 4.00. The highest BCUT2D eigenvalue weighted by Gasteiger charge is 2.37. The second-order valence-corrected chi connectivity index (χ2v) is 5.68. The van der Waals surface area contributed by atoms with Gasteiger partial charge in [-0.05, 0) is 24.6 Å². The summed E-state index contributed by atoms with van der Waals surface area (Å²) < 4.78 is 4.81. The third kappa shape index (κ3) is 3.06. The van der Waals surface area contributed by atoms with Crippen LogP contribution in [-0.4, -0.2) is 24.7 Å². The summed E-state index contributed by atoms with van der Waals surface area (Å²) in [5.41, 5.74) is 3.34. The van der Waals surface area contributed by atoms with E-state index in [0.717, 1.165) is 11.1 Å². The van der Waals surface area contributed by atoms with Crippen molar-refractivity contribution in [2.75, 3.05) is 12.1 Å². The van der Waals surface area contributed by atoms with E-state index in [2.05, 4.69) is 5.10 Å². The number of methoxy groups -OCH3 is 1. The van der Waals surface area contributed by atoms with Gasteiger partial charge in [-0.3, -0.25) is 9.59 Å². The van der Waals surface area contributed by atoms with Crippen molar-refractivity contribution in [1.82, 2.24) is 0 Å². The lowest BCUT2D eigenvalue weighted by Gasteiger charge is -2.28. The topological polar surface area (TPSA) is 59.0 Å². The number of hydrogen-bond acceptors (Lipinski definition) is 4. The van der Waals surface area contributed by atoms with Crippen LogP contribution >= 0.6 is 0 Å². The molecule has 0 aromatic heterocycles. The zero-order valence-electron chi connectivity index (χ0n) is 13.6. The molecular formula is C19H18N2O3. The van der Waals surface area contributed by atoms with Crippen molar-refractivity contribution in [3.8, 4) is 0 Å². The Hall–Kier alpha value is -2.95. The van der Waals surface area contributed by atoms with Crippen molar-refractivity contribution in [3.05, 3.63) is 65.7 Å². The molecule has 122 valence electrons. The fraction of sp³-hybridized carbons (Fsp3) is 0.211. The molecule has 2 aromatic rings. The highest BCUT2D eigenvalue weighted by atomic mass is 16.5. The van der Waals surface area contributed by atoms with Gasteiger partial charge in [-0.15, -0.1) is 0 Å². The lowest BCUT2D eigenvalue weighted by Crippen LogP contribution is -2.43. The predicted octanol–water partition coefficient (Wildman–Crippen LogP) is 2.93. The molecule has 3 rings (SSSR count). The van der Waals surface area contributed by atoms with Crippen LogP contribution in [0.15, 0.2) is 59.7 Å². The minimum absolute atomic E-state index is 0.234. The zero-order chi connectivity index (χ0) is 17.1. The lowest BCUT2D eigenvalue weighted by atomic mass is 9.94. The number of amides is 1. The molecule has 0 bridgehead atoms. The first-order valence-electron chi connectivity index (χ1n) is 7.71. The average molecular weight is 322 g/mol. The minimum Gasteiger partial charge on any atom is -0.468 e. The van der Waals surface area contributed by atoms with Crippen molar-refractivity contribution < 1.29 is 14.3 Å². The van der Waals surface area contributed by atoms with Gasteiger partial charge in [-0.25, -0.2) is 0 Å². The summed E-state index contributed by atoms with van der Waals surface area (Å²) in [6.45, 7) is 2.00. The molecule has 2 aromatic carbocycles. The summed E-state index contributed by atoms with van der Waals surface area (Å²) in [5.74, 6) is -1.80. The van der Waals surface area contributed by atoms with Crippen molar-refractivity contribution in [3.63, 3.8) is 0 Å². The van der Waals surface area contributed by atoms with Crippen LogP contribution in [0.1, 0.15) is 17.5 Å². The van der Waals surface area contributed by atoms with Gasteiger partial charge < -0.3 is 4.74 Å². The number of rotatable bonds is 3. The Morgan fingerprint density at radius 1 is 1.12 bits per heavy atom. The van der Waals surface area contributed by atoms with Crippen molar-refractivity contribution in [2.45, 2.75) is 13.3 Å². The number of ether oxygens (including phenoxy) is 1. The standard InChI is InChI=1S/C19H18N2O3/c1-13-8-10-14(11-9-13)17-12-16(19(23)24-2)18(22)21(20-17)15-6-4-3-5-7-15/h3-11,16H,12H2,1-2H3. The van der Waals surface area contributed by atoms with E-state index in [1.165, 1.54) is 12.1 Å². The van der Waals surface area contributed by atoms with E-state index in [1.54, 1.807) is 12.1 Å². The van der Waals surface area contributed by atoms with Gasteiger partial charge in [0.1, 0.15) is 5.92 Å². The quantitative estimate of drug-likeness (QED) is 0.645. The van der Waals surface area contributed by atoms with E-state index in [9.17, 15) is 9.59 Å². The Kier molecular flexibility index (Phi) is 4.42. The molecule has 5 heteroatoms. The fourth-order valence-electron chi connectivity index (χ4n) is 2.64. The molecule has 0 radical (unpaired) electrons. The first-order chi connectivity index (χ1) is 11.6. The maximum absolute atomic E-state index is 12.7. The fourth-order valence-corrected chi connectivity index (χ4v) is 2.64. The summed E-state index contributed by atoms with van der Waals surface area (Å²) in [5, 5.41) is 5.78. The molecule has 5 nitrogen and oxygen atoms in total. The largest absolute Gasteiger partial charge is 0.468 e. The third-order valence-electron chi connectivity index (χ3n) is 4.00. The SMILES string of the molecule is COC(=O)C1CC(c2ccc(C)cc2)=NN(c2ccccc2)C1=O. The van der Waals surface area contributed by atoms with E-state index in [4.69, 9.17) is 4.74 Å². The smallest absolute Gasteiger partial charge is 0.318 e. The lowest BCUT2D eigenvalue weighted by molar-refractivity contribution is -0.149. The molecule has 24 heavy (non-hydrogen) atoms. The van der Waals surface area contributed by atoms with Crippen LogP contribution in [0.5, 0.6) is 0 Å². The molecule has 1 unspecified atom stereocenters. The van der Waals surface area contributed by atoms with Gasteiger partial charge in [0.25, 0.3) is 5.91 Å². The van der Waals surface area contributed by atoms with Gasteiger partial charge in [0.15, 0.2) is 0 Å². The summed E-state index contributed by atoms with van der Waals surface area (Å²) in [7, 11) is 1.29. The number of anilines is 1. The summed E-state index contributed by atoms with van der Waals surface area (Å²) in [4.78, 5) is 24.7. The predicted molar refractivity (Wildman–Crippen MR) is 91.8 cm³/mol. The first kappa shape index (κ1) is 15.9. The Morgan fingerprint density at radius 2 is 1.79 bits per heavy atom. The average Bonchev–Trinajstić information content (AvgIpc) is 2.63. The molecule has 0 N–H and O–H groups in total. The van der Waals surface area contributed by atoms with E-state index < -0.39 is 11.9 Å². The highest BCUT2D eigenvalue weighted by Crippen LogP contribution is 2.26. The number of carbonyl (C=O) groups excluding carboxylic acids is 2. The van der Waals surface area contributed by atoms with E-state index in [-0.39, 0.29) is 12.3 Å². The van der Waals surface area contributed by atoms with Gasteiger partial charge in [0.05, 0.1) is 18.5 Å². The number of carbonyl (C=O) groups is 2. The van der Waals surface area contributed by atoms with E-state index >= 15 is 0 Å². The Labute approximate surface area is 140 Å². The summed E-state index contributed by atoms with van der Waals surface area (Å²) >= 11 is 0. The second kappa shape index (κ2) is 6.66. The minimum atomic E-state index is -0.885. The van der Waals surface area contributed by atoms with Crippen LogP contribution in [-0.2, 0) is 14.3 Å². The number of hydrazone groups is 1. The number of para-hydroxylation sites is 1. The number of hydrogen-bond donors (Lipinski definition) is 0. The number of nitrogens with zero attached hydrogens (tertiary/aromatic N) is 2. The normalized spacial score (nSPS) is 17.4. The van der Waals surface area contributed by atoms with E-state index in [1.807, 2.05) is 49.4 Å². The molecule has 0 fully saturated rings. The van der Waals surface area contributed by atoms with Crippen LogP contribution in [0.25, 0.3) is 0 Å². The van der Waals surface area contributed by atoms with Crippen LogP contribution in [0.3, 0.4) is 0 Å². The van der Waals surface area contributed by atoms with Crippen LogP contribution < -0.4 is 5.01 Å².